The second kappa shape index (κ2) is 15.9. The maximum atomic E-state index is 14.0. The first-order chi connectivity index (χ1) is 21.7. The summed E-state index contributed by atoms with van der Waals surface area (Å²) in [6.07, 6.45) is 8.07. The molecule has 2 aromatic rings. The summed E-state index contributed by atoms with van der Waals surface area (Å²) in [6, 6.07) is 4.20. The molecule has 0 aliphatic carbocycles. The van der Waals surface area contributed by atoms with Gasteiger partial charge in [0.1, 0.15) is 37.1 Å². The van der Waals surface area contributed by atoms with Gasteiger partial charge in [-0.1, -0.05) is 58.2 Å². The lowest BCUT2D eigenvalue weighted by Crippen LogP contribution is -2.64. The quantitative estimate of drug-likeness (QED) is 0.311. The zero-order chi connectivity index (χ0) is 32.5. The van der Waals surface area contributed by atoms with Crippen LogP contribution >= 0.6 is 0 Å². The van der Waals surface area contributed by atoms with Crippen molar-refractivity contribution in [3.8, 4) is 0 Å². The van der Waals surface area contributed by atoms with Gasteiger partial charge in [0.15, 0.2) is 0 Å². The van der Waals surface area contributed by atoms with Gasteiger partial charge in [0.05, 0.1) is 5.52 Å². The molecular formula is C34H49N5O6. The molecule has 4 rings (SSSR count). The van der Waals surface area contributed by atoms with E-state index in [0.717, 1.165) is 35.7 Å². The summed E-state index contributed by atoms with van der Waals surface area (Å²) in [5.41, 5.74) is 1.62. The number of amides is 4. The average Bonchev–Trinajstić information content (AvgIpc) is 3.41. The molecule has 1 unspecified atom stereocenters. The highest BCUT2D eigenvalue weighted by Gasteiger charge is 2.40. The van der Waals surface area contributed by atoms with Gasteiger partial charge in [0.25, 0.3) is 0 Å². The van der Waals surface area contributed by atoms with Gasteiger partial charge in [0.2, 0.25) is 23.6 Å². The third-order valence-electron chi connectivity index (χ3n) is 9.36. The summed E-state index contributed by atoms with van der Waals surface area (Å²) in [4.78, 5) is 74.5. The highest BCUT2D eigenvalue weighted by molar-refractivity contribution is 5.98. The molecule has 2 saturated heterocycles. The first-order valence-electron chi connectivity index (χ1n) is 16.5. The number of aromatic nitrogens is 1. The maximum absolute atomic E-state index is 14.0. The molecule has 2 aliphatic heterocycles. The van der Waals surface area contributed by atoms with Crippen LogP contribution < -0.4 is 20.8 Å². The van der Waals surface area contributed by atoms with E-state index in [0.29, 0.717) is 51.5 Å². The second-order valence-electron chi connectivity index (χ2n) is 12.4. The molecule has 2 aliphatic rings. The molecule has 4 amide bonds. The lowest BCUT2D eigenvalue weighted by molar-refractivity contribution is -0.147. The van der Waals surface area contributed by atoms with Crippen LogP contribution in [0.25, 0.3) is 10.9 Å². The van der Waals surface area contributed by atoms with E-state index in [2.05, 4.69) is 16.0 Å². The van der Waals surface area contributed by atoms with Gasteiger partial charge in [0, 0.05) is 37.4 Å². The molecule has 0 radical (unpaired) electrons. The van der Waals surface area contributed by atoms with Crippen molar-refractivity contribution in [2.45, 2.75) is 116 Å². The molecule has 3 heterocycles. The number of hydrogen-bond acceptors (Lipinski definition) is 6. The minimum Gasteiger partial charge on any atom is -0.417 e. The Morgan fingerprint density at radius 1 is 0.956 bits per heavy atom. The van der Waals surface area contributed by atoms with Crippen LogP contribution in [0.3, 0.4) is 0 Å². The normalized spacial score (nSPS) is 23.7. The monoisotopic (exact) mass is 623 g/mol. The molecule has 11 nitrogen and oxygen atoms in total. The zero-order valence-corrected chi connectivity index (χ0v) is 27.1. The molecule has 3 N–H and O–H groups in total. The van der Waals surface area contributed by atoms with Crippen LogP contribution in [-0.2, 0) is 30.4 Å². The number of nitrogens with one attached hydrogen (secondary N) is 3. The van der Waals surface area contributed by atoms with E-state index >= 15 is 0 Å². The number of Topliss-reactive ketones (excluding diaryl/α,β-unsaturated/α-hetero) is 1. The Labute approximate surface area is 265 Å². The zero-order valence-electron chi connectivity index (χ0n) is 27.1. The molecule has 246 valence electrons. The Kier molecular flexibility index (Phi) is 12.0. The summed E-state index contributed by atoms with van der Waals surface area (Å²) in [5.74, 6) is -1.50. The van der Waals surface area contributed by atoms with Crippen molar-refractivity contribution in [3.63, 3.8) is 0 Å². The molecule has 1 aromatic carbocycles. The van der Waals surface area contributed by atoms with Crippen molar-refractivity contribution >= 4 is 40.3 Å². The van der Waals surface area contributed by atoms with Crippen LogP contribution in [-0.4, -0.2) is 76.9 Å². The molecule has 0 bridgehead atoms. The third-order valence-corrected chi connectivity index (χ3v) is 9.36. The lowest BCUT2D eigenvalue weighted by atomic mass is 9.93. The SMILES string of the molecule is CCC(=O)CCCCC[C@@H]1NC(=O)[C@H]2CCCCN2C(=O)[C@@H](C(C)CC)NC(=O)[C@H](Cc2cn(OC)c3ccccc23)NC1=O. The van der Waals surface area contributed by atoms with Crippen LogP contribution in [0, 0.1) is 5.92 Å². The topological polar surface area (TPSA) is 139 Å². The van der Waals surface area contributed by atoms with Crippen LogP contribution in [0.2, 0.25) is 0 Å². The van der Waals surface area contributed by atoms with Gasteiger partial charge < -0.3 is 25.7 Å². The highest BCUT2D eigenvalue weighted by atomic mass is 16.6. The van der Waals surface area contributed by atoms with Gasteiger partial charge in [-0.25, -0.2) is 0 Å². The second-order valence-corrected chi connectivity index (χ2v) is 12.4. The largest absolute Gasteiger partial charge is 0.417 e. The van der Waals surface area contributed by atoms with Crippen molar-refractivity contribution in [1.82, 2.24) is 25.6 Å². The third kappa shape index (κ3) is 8.23. The fourth-order valence-corrected chi connectivity index (χ4v) is 6.38. The number of nitrogens with zero attached hydrogens (tertiary/aromatic N) is 2. The Morgan fingerprint density at radius 3 is 2.42 bits per heavy atom. The Morgan fingerprint density at radius 2 is 1.69 bits per heavy atom. The van der Waals surface area contributed by atoms with Gasteiger partial charge in [-0.3, -0.25) is 24.0 Å². The number of carbonyl (C=O) groups excluding carboxylic acids is 5. The van der Waals surface area contributed by atoms with Crippen molar-refractivity contribution in [2.75, 3.05) is 13.7 Å². The van der Waals surface area contributed by atoms with Gasteiger partial charge in [-0.2, -0.15) is 4.73 Å². The first kappa shape index (κ1) is 34.0. The number of carbonyl (C=O) groups is 5. The van der Waals surface area contributed by atoms with Gasteiger partial charge in [-0.05, 0) is 49.7 Å². The highest BCUT2D eigenvalue weighted by Crippen LogP contribution is 2.24. The summed E-state index contributed by atoms with van der Waals surface area (Å²) < 4.78 is 1.62. The van der Waals surface area contributed by atoms with Gasteiger partial charge >= 0.3 is 0 Å². The lowest BCUT2D eigenvalue weighted by Gasteiger charge is -2.39. The van der Waals surface area contributed by atoms with Crippen LogP contribution in [0.4, 0.5) is 0 Å². The Balaban J connectivity index is 1.66. The molecule has 45 heavy (non-hydrogen) atoms. The van der Waals surface area contributed by atoms with E-state index in [9.17, 15) is 24.0 Å². The molecule has 0 saturated carbocycles. The number of fused-ring (bicyclic) bond motifs is 2. The molecule has 1 aromatic heterocycles. The predicted octanol–water partition coefficient (Wildman–Crippen LogP) is 3.07. The standard InChI is InChI=1S/C34H49N5O6/c1-5-22(3)30-34(44)38-19-13-12-18-29(38)33(43)35-26(16-9-7-8-14-24(40)6-2)31(41)36-27(32(42)37-30)20-23-21-39(45-4)28-17-11-10-15-25(23)28/h10-11,15,17,21-22,26-27,29-30H,5-9,12-14,16,18-20H2,1-4H3,(H,35,43)(H,36,41)(H,37,42)/t22?,26-,27-,29+,30+/m0/s1. The molecule has 0 spiro atoms. The van der Waals surface area contributed by atoms with Crippen molar-refractivity contribution < 1.29 is 28.8 Å². The minimum atomic E-state index is -1.01. The Bertz CT molecular complexity index is 1370. The average molecular weight is 624 g/mol. The number of hydrogen-bond donors (Lipinski definition) is 3. The predicted molar refractivity (Wildman–Crippen MR) is 171 cm³/mol. The van der Waals surface area contributed by atoms with E-state index in [4.69, 9.17) is 4.84 Å². The van der Waals surface area contributed by atoms with E-state index in [1.54, 1.807) is 22.9 Å². The van der Waals surface area contributed by atoms with E-state index in [1.807, 2.05) is 45.0 Å². The number of rotatable bonds is 12. The summed E-state index contributed by atoms with van der Waals surface area (Å²) in [5, 5.41) is 9.75. The number of piperidine rings is 1. The Hall–Kier alpha value is -3.89. The van der Waals surface area contributed by atoms with Crippen LogP contribution in [0.5, 0.6) is 0 Å². The van der Waals surface area contributed by atoms with Gasteiger partial charge in [-0.15, -0.1) is 0 Å². The number of ketones is 1. The van der Waals surface area contributed by atoms with Crippen molar-refractivity contribution in [3.05, 3.63) is 36.0 Å². The van der Waals surface area contributed by atoms with Crippen LogP contribution in [0.15, 0.2) is 30.5 Å². The van der Waals surface area contributed by atoms with Crippen molar-refractivity contribution in [1.29, 1.82) is 0 Å². The maximum Gasteiger partial charge on any atom is 0.246 e. The number of benzene rings is 1. The van der Waals surface area contributed by atoms with E-state index in [-0.39, 0.29) is 29.9 Å². The smallest absolute Gasteiger partial charge is 0.246 e. The summed E-state index contributed by atoms with van der Waals surface area (Å²) in [6.45, 7) is 6.14. The van der Waals surface area contributed by atoms with E-state index < -0.39 is 36.0 Å². The number of para-hydroxylation sites is 1. The molecular weight excluding hydrogens is 574 g/mol. The van der Waals surface area contributed by atoms with Crippen molar-refractivity contribution in [2.24, 2.45) is 5.92 Å². The fourth-order valence-electron chi connectivity index (χ4n) is 6.38. The van der Waals surface area contributed by atoms with Crippen LogP contribution in [0.1, 0.15) is 90.5 Å². The summed E-state index contributed by atoms with van der Waals surface area (Å²) in [7, 11) is 1.56. The first-order valence-corrected chi connectivity index (χ1v) is 16.5. The molecule has 11 heteroatoms. The molecule has 5 atom stereocenters. The number of unbranched alkanes of at least 4 members (excludes halogenated alkanes) is 2. The fraction of sp³-hybridized carbons (Fsp3) is 0.618. The minimum absolute atomic E-state index is 0.155. The molecule has 2 fully saturated rings. The summed E-state index contributed by atoms with van der Waals surface area (Å²) >= 11 is 0. The van der Waals surface area contributed by atoms with E-state index in [1.165, 1.54) is 0 Å².